The first-order chi connectivity index (χ1) is 13.4. The average Bonchev–Trinajstić information content (AvgIpc) is 3.23. The van der Waals surface area contributed by atoms with Gasteiger partial charge < -0.3 is 9.73 Å². The molecule has 0 aliphatic heterocycles. The van der Waals surface area contributed by atoms with Crippen molar-refractivity contribution < 1.29 is 17.6 Å². The molecule has 1 amide bonds. The Morgan fingerprint density at radius 1 is 1.00 bits per heavy atom. The number of carbonyl (C=O) groups excluding carboxylic acids is 1. The van der Waals surface area contributed by atoms with Gasteiger partial charge in [-0.05, 0) is 60.7 Å². The molecule has 7 nitrogen and oxygen atoms in total. The molecule has 3 aromatic rings. The molecule has 3 rings (SSSR count). The van der Waals surface area contributed by atoms with E-state index >= 15 is 0 Å². The van der Waals surface area contributed by atoms with Crippen molar-refractivity contribution in [3.8, 4) is 0 Å². The minimum Gasteiger partial charge on any atom is -0.459 e. The summed E-state index contributed by atoms with van der Waals surface area (Å²) in [6.07, 6.45) is 1.39. The Labute approximate surface area is 168 Å². The number of hydrogen-bond acceptors (Lipinski definition) is 5. The summed E-state index contributed by atoms with van der Waals surface area (Å²) in [7, 11) is -2.20. The number of carbonyl (C=O) groups is 1. The SMILES string of the molecule is CN(c1ccccc1)S(=O)(=O)c1ccc(NC(=S)NC(=O)c2ccco2)cc1. The second-order valence-electron chi connectivity index (χ2n) is 5.72. The highest BCUT2D eigenvalue weighted by atomic mass is 32.2. The van der Waals surface area contributed by atoms with Crippen LogP contribution in [0.15, 0.2) is 82.3 Å². The number of benzene rings is 2. The van der Waals surface area contributed by atoms with E-state index in [2.05, 4.69) is 10.6 Å². The Bertz CT molecular complexity index is 1060. The van der Waals surface area contributed by atoms with Crippen LogP contribution in [0.3, 0.4) is 0 Å². The van der Waals surface area contributed by atoms with Gasteiger partial charge in [0.15, 0.2) is 10.9 Å². The van der Waals surface area contributed by atoms with Crippen molar-refractivity contribution in [3.63, 3.8) is 0 Å². The van der Waals surface area contributed by atoms with Crippen LogP contribution in [0.25, 0.3) is 0 Å². The Hall–Kier alpha value is -3.17. The van der Waals surface area contributed by atoms with Crippen LogP contribution in [0, 0.1) is 0 Å². The lowest BCUT2D eigenvalue weighted by Crippen LogP contribution is -2.33. The van der Waals surface area contributed by atoms with Gasteiger partial charge in [-0.2, -0.15) is 0 Å². The number of para-hydroxylation sites is 1. The van der Waals surface area contributed by atoms with Gasteiger partial charge in [-0.25, -0.2) is 8.42 Å². The van der Waals surface area contributed by atoms with E-state index < -0.39 is 15.9 Å². The number of rotatable bonds is 5. The van der Waals surface area contributed by atoms with Crippen molar-refractivity contribution in [2.24, 2.45) is 0 Å². The Morgan fingerprint density at radius 3 is 2.29 bits per heavy atom. The van der Waals surface area contributed by atoms with Crippen LogP contribution < -0.4 is 14.9 Å². The molecule has 0 saturated carbocycles. The quantitative estimate of drug-likeness (QED) is 0.622. The fraction of sp³-hybridized carbons (Fsp3) is 0.0526. The third kappa shape index (κ3) is 4.38. The van der Waals surface area contributed by atoms with E-state index in [1.807, 2.05) is 6.07 Å². The zero-order chi connectivity index (χ0) is 20.1. The van der Waals surface area contributed by atoms with E-state index in [4.69, 9.17) is 16.6 Å². The van der Waals surface area contributed by atoms with E-state index in [0.29, 0.717) is 11.4 Å². The van der Waals surface area contributed by atoms with Crippen molar-refractivity contribution in [2.75, 3.05) is 16.7 Å². The van der Waals surface area contributed by atoms with Crippen LogP contribution in [-0.2, 0) is 10.0 Å². The predicted molar refractivity (Wildman–Crippen MR) is 111 cm³/mol. The smallest absolute Gasteiger partial charge is 0.293 e. The summed E-state index contributed by atoms with van der Waals surface area (Å²) in [6.45, 7) is 0. The molecule has 0 atom stereocenters. The lowest BCUT2D eigenvalue weighted by atomic mass is 10.3. The third-order valence-corrected chi connectivity index (χ3v) is 5.87. The van der Waals surface area contributed by atoms with Crippen LogP contribution in [0.4, 0.5) is 11.4 Å². The van der Waals surface area contributed by atoms with Crippen LogP contribution in [-0.4, -0.2) is 26.5 Å². The minimum atomic E-state index is -3.70. The van der Waals surface area contributed by atoms with Gasteiger partial charge in [0.2, 0.25) is 0 Å². The maximum atomic E-state index is 12.8. The summed E-state index contributed by atoms with van der Waals surface area (Å²) in [6, 6.07) is 18.0. The van der Waals surface area contributed by atoms with E-state index in [1.54, 1.807) is 42.5 Å². The fourth-order valence-electron chi connectivity index (χ4n) is 2.38. The number of nitrogens with one attached hydrogen (secondary N) is 2. The maximum absolute atomic E-state index is 12.8. The molecule has 144 valence electrons. The molecule has 0 radical (unpaired) electrons. The van der Waals surface area contributed by atoms with E-state index in [0.717, 1.165) is 0 Å². The summed E-state index contributed by atoms with van der Waals surface area (Å²) in [5.74, 6) is -0.347. The molecule has 1 aromatic heterocycles. The summed E-state index contributed by atoms with van der Waals surface area (Å²) < 4.78 is 31.7. The van der Waals surface area contributed by atoms with Crippen LogP contribution in [0.1, 0.15) is 10.6 Å². The van der Waals surface area contributed by atoms with Gasteiger partial charge in [-0.3, -0.25) is 14.4 Å². The maximum Gasteiger partial charge on any atom is 0.293 e. The highest BCUT2D eigenvalue weighted by Crippen LogP contribution is 2.22. The van der Waals surface area contributed by atoms with Gasteiger partial charge in [0.1, 0.15) is 0 Å². The number of amides is 1. The van der Waals surface area contributed by atoms with Crippen molar-refractivity contribution in [2.45, 2.75) is 4.90 Å². The predicted octanol–water partition coefficient (Wildman–Crippen LogP) is 3.23. The molecule has 2 N–H and O–H groups in total. The first-order valence-electron chi connectivity index (χ1n) is 8.18. The largest absolute Gasteiger partial charge is 0.459 e. The van der Waals surface area contributed by atoms with Gasteiger partial charge in [-0.15, -0.1) is 0 Å². The first-order valence-corrected chi connectivity index (χ1v) is 10.0. The molecule has 0 bridgehead atoms. The lowest BCUT2D eigenvalue weighted by molar-refractivity contribution is 0.0950. The second-order valence-corrected chi connectivity index (χ2v) is 8.10. The Kier molecular flexibility index (Phi) is 5.76. The summed E-state index contributed by atoms with van der Waals surface area (Å²) in [5.41, 5.74) is 1.09. The van der Waals surface area contributed by atoms with Crippen molar-refractivity contribution in [3.05, 3.63) is 78.8 Å². The molecule has 0 aliphatic carbocycles. The molecule has 28 heavy (non-hydrogen) atoms. The standard InChI is InChI=1S/C19H17N3O4S2/c1-22(15-6-3-2-4-7-15)28(24,25)16-11-9-14(10-12-16)20-19(27)21-18(23)17-8-5-13-26-17/h2-13H,1H3,(H2,20,21,23,27). The number of anilines is 2. The first kappa shape index (κ1) is 19.6. The van der Waals surface area contributed by atoms with Crippen molar-refractivity contribution in [1.29, 1.82) is 0 Å². The van der Waals surface area contributed by atoms with Gasteiger partial charge in [0, 0.05) is 12.7 Å². The van der Waals surface area contributed by atoms with Crippen LogP contribution >= 0.6 is 12.2 Å². The van der Waals surface area contributed by atoms with E-state index in [-0.39, 0.29) is 15.8 Å². The average molecular weight is 415 g/mol. The molecule has 9 heteroatoms. The summed E-state index contributed by atoms with van der Waals surface area (Å²) in [4.78, 5) is 12.0. The number of thiocarbonyl (C=S) groups is 1. The number of furan rings is 1. The highest BCUT2D eigenvalue weighted by Gasteiger charge is 2.21. The molecule has 0 spiro atoms. The van der Waals surface area contributed by atoms with Crippen LogP contribution in [0.2, 0.25) is 0 Å². The number of nitrogens with zero attached hydrogens (tertiary/aromatic N) is 1. The van der Waals surface area contributed by atoms with Crippen LogP contribution in [0.5, 0.6) is 0 Å². The van der Waals surface area contributed by atoms with Gasteiger partial charge >= 0.3 is 0 Å². The molecular weight excluding hydrogens is 398 g/mol. The molecule has 0 aliphatic rings. The summed E-state index contributed by atoms with van der Waals surface area (Å²) in [5, 5.41) is 5.37. The highest BCUT2D eigenvalue weighted by molar-refractivity contribution is 7.92. The van der Waals surface area contributed by atoms with Crippen molar-refractivity contribution >= 4 is 44.6 Å². The van der Waals surface area contributed by atoms with Gasteiger partial charge in [0.25, 0.3) is 15.9 Å². The van der Waals surface area contributed by atoms with Gasteiger partial charge in [-0.1, -0.05) is 18.2 Å². The van der Waals surface area contributed by atoms with Gasteiger partial charge in [0.05, 0.1) is 16.8 Å². The number of sulfonamides is 1. The normalized spacial score (nSPS) is 10.9. The molecule has 2 aromatic carbocycles. The monoisotopic (exact) mass is 415 g/mol. The topological polar surface area (TPSA) is 91.7 Å². The van der Waals surface area contributed by atoms with Crippen molar-refractivity contribution in [1.82, 2.24) is 5.32 Å². The molecule has 0 fully saturated rings. The zero-order valence-corrected chi connectivity index (χ0v) is 16.5. The summed E-state index contributed by atoms with van der Waals surface area (Å²) >= 11 is 5.09. The second kappa shape index (κ2) is 8.24. The third-order valence-electron chi connectivity index (χ3n) is 3.86. The fourth-order valence-corrected chi connectivity index (χ4v) is 3.79. The minimum absolute atomic E-state index is 0.0680. The van der Waals surface area contributed by atoms with E-state index in [9.17, 15) is 13.2 Å². The van der Waals surface area contributed by atoms with E-state index in [1.165, 1.54) is 35.8 Å². The number of hydrogen-bond donors (Lipinski definition) is 2. The lowest BCUT2D eigenvalue weighted by Gasteiger charge is -2.19. The molecular formula is C19H17N3O4S2. The molecule has 1 heterocycles. The zero-order valence-electron chi connectivity index (χ0n) is 14.8. The molecule has 0 unspecified atom stereocenters. The molecule has 0 saturated heterocycles. The Balaban J connectivity index is 1.67. The Morgan fingerprint density at radius 2 is 1.68 bits per heavy atom.